The first-order chi connectivity index (χ1) is 8.74. The molecule has 0 saturated heterocycles. The van der Waals surface area contributed by atoms with Crippen LogP contribution in [-0.2, 0) is 11.3 Å². The van der Waals surface area contributed by atoms with Gasteiger partial charge in [0.2, 0.25) is 0 Å². The van der Waals surface area contributed by atoms with Gasteiger partial charge in [-0.1, -0.05) is 0 Å². The summed E-state index contributed by atoms with van der Waals surface area (Å²) in [6, 6.07) is 5.29. The summed E-state index contributed by atoms with van der Waals surface area (Å²) in [5, 5.41) is 2.79. The quantitative estimate of drug-likeness (QED) is 0.835. The minimum absolute atomic E-state index is 0.0435. The SMILES string of the molecule is Nc1ccc2c(c1)OCC(=O)N2Cc1nccs1. The second-order valence-corrected chi connectivity index (χ2v) is 4.90. The van der Waals surface area contributed by atoms with Gasteiger partial charge in [-0.15, -0.1) is 11.3 Å². The first-order valence-electron chi connectivity index (χ1n) is 5.45. The van der Waals surface area contributed by atoms with Crippen LogP contribution in [0, 0.1) is 0 Å². The highest BCUT2D eigenvalue weighted by Crippen LogP contribution is 2.34. The van der Waals surface area contributed by atoms with Gasteiger partial charge in [0.1, 0.15) is 10.8 Å². The van der Waals surface area contributed by atoms with Crippen molar-refractivity contribution < 1.29 is 9.53 Å². The Labute approximate surface area is 108 Å². The van der Waals surface area contributed by atoms with Crippen LogP contribution in [0.2, 0.25) is 0 Å². The lowest BCUT2D eigenvalue weighted by Crippen LogP contribution is -2.38. The van der Waals surface area contributed by atoms with E-state index in [-0.39, 0.29) is 12.5 Å². The molecule has 0 saturated carbocycles. The van der Waals surface area contributed by atoms with E-state index >= 15 is 0 Å². The van der Waals surface area contributed by atoms with Crippen LogP contribution < -0.4 is 15.4 Å². The van der Waals surface area contributed by atoms with Crippen molar-refractivity contribution in [1.29, 1.82) is 0 Å². The number of benzene rings is 1. The molecule has 1 amide bonds. The van der Waals surface area contributed by atoms with E-state index in [0.29, 0.717) is 18.0 Å². The van der Waals surface area contributed by atoms with Crippen molar-refractivity contribution in [3.05, 3.63) is 34.8 Å². The minimum Gasteiger partial charge on any atom is -0.481 e. The molecule has 0 atom stereocenters. The molecule has 1 aliphatic heterocycles. The molecule has 1 aromatic carbocycles. The highest BCUT2D eigenvalue weighted by atomic mass is 32.1. The van der Waals surface area contributed by atoms with Crippen LogP contribution in [0.25, 0.3) is 0 Å². The van der Waals surface area contributed by atoms with Crippen LogP contribution in [0.4, 0.5) is 11.4 Å². The Hall–Kier alpha value is -2.08. The third-order valence-corrected chi connectivity index (χ3v) is 3.47. The van der Waals surface area contributed by atoms with Crippen molar-refractivity contribution in [2.45, 2.75) is 6.54 Å². The van der Waals surface area contributed by atoms with Crippen molar-refractivity contribution in [2.75, 3.05) is 17.2 Å². The third-order valence-electron chi connectivity index (χ3n) is 2.70. The number of ether oxygens (including phenoxy) is 1. The molecule has 3 rings (SSSR count). The van der Waals surface area contributed by atoms with Crippen LogP contribution in [0.5, 0.6) is 5.75 Å². The van der Waals surface area contributed by atoms with Crippen molar-refractivity contribution in [3.63, 3.8) is 0 Å². The van der Waals surface area contributed by atoms with Crippen molar-refractivity contribution in [2.24, 2.45) is 0 Å². The average molecular weight is 261 g/mol. The summed E-state index contributed by atoms with van der Waals surface area (Å²) < 4.78 is 5.38. The average Bonchev–Trinajstić information content (AvgIpc) is 2.86. The molecule has 0 fully saturated rings. The monoisotopic (exact) mass is 261 g/mol. The number of amides is 1. The van der Waals surface area contributed by atoms with E-state index in [2.05, 4.69) is 4.98 Å². The van der Waals surface area contributed by atoms with Crippen LogP contribution in [0.1, 0.15) is 5.01 Å². The molecule has 2 N–H and O–H groups in total. The van der Waals surface area contributed by atoms with E-state index in [1.54, 1.807) is 29.3 Å². The Morgan fingerprint density at radius 1 is 1.50 bits per heavy atom. The van der Waals surface area contributed by atoms with Gasteiger partial charge in [-0.3, -0.25) is 9.69 Å². The van der Waals surface area contributed by atoms with Gasteiger partial charge in [-0.25, -0.2) is 4.98 Å². The summed E-state index contributed by atoms with van der Waals surface area (Å²) in [4.78, 5) is 17.8. The van der Waals surface area contributed by atoms with Crippen LogP contribution in [-0.4, -0.2) is 17.5 Å². The Balaban J connectivity index is 1.96. The third kappa shape index (κ3) is 1.91. The van der Waals surface area contributed by atoms with E-state index < -0.39 is 0 Å². The predicted molar refractivity (Wildman–Crippen MR) is 69.7 cm³/mol. The number of nitrogen functional groups attached to an aromatic ring is 1. The first-order valence-corrected chi connectivity index (χ1v) is 6.33. The molecular weight excluding hydrogens is 250 g/mol. The fourth-order valence-electron chi connectivity index (χ4n) is 1.86. The summed E-state index contributed by atoms with van der Waals surface area (Å²) in [7, 11) is 0. The fraction of sp³-hybridized carbons (Fsp3) is 0.167. The van der Waals surface area contributed by atoms with Gasteiger partial charge in [0.05, 0.1) is 12.2 Å². The maximum absolute atomic E-state index is 11.9. The summed E-state index contributed by atoms with van der Waals surface area (Å²) >= 11 is 1.53. The zero-order chi connectivity index (χ0) is 12.5. The van der Waals surface area contributed by atoms with Crippen LogP contribution in [0.15, 0.2) is 29.8 Å². The first kappa shape index (κ1) is 11.0. The van der Waals surface area contributed by atoms with Crippen molar-refractivity contribution >= 4 is 28.6 Å². The molecule has 0 aliphatic carbocycles. The van der Waals surface area contributed by atoms with Crippen molar-refractivity contribution in [1.82, 2.24) is 4.98 Å². The molecule has 5 nitrogen and oxygen atoms in total. The lowest BCUT2D eigenvalue weighted by atomic mass is 10.2. The van der Waals surface area contributed by atoms with E-state index in [1.165, 1.54) is 11.3 Å². The predicted octanol–water partition coefficient (Wildman–Crippen LogP) is 1.65. The Morgan fingerprint density at radius 3 is 3.17 bits per heavy atom. The number of anilines is 2. The van der Waals surface area contributed by atoms with Gasteiger partial charge in [-0.2, -0.15) is 0 Å². The van der Waals surface area contributed by atoms with Crippen LogP contribution >= 0.6 is 11.3 Å². The van der Waals surface area contributed by atoms with Gasteiger partial charge in [0.15, 0.2) is 6.61 Å². The second-order valence-electron chi connectivity index (χ2n) is 3.92. The molecule has 0 bridgehead atoms. The minimum atomic E-state index is -0.0672. The summed E-state index contributed by atoms with van der Waals surface area (Å²) in [5.41, 5.74) is 7.07. The molecular formula is C12H11N3O2S. The Morgan fingerprint density at radius 2 is 2.39 bits per heavy atom. The fourth-order valence-corrected chi connectivity index (χ4v) is 2.46. The smallest absolute Gasteiger partial charge is 0.265 e. The number of nitrogens with zero attached hydrogens (tertiary/aromatic N) is 2. The number of thiazole rings is 1. The van der Waals surface area contributed by atoms with Gasteiger partial charge in [0.25, 0.3) is 5.91 Å². The highest BCUT2D eigenvalue weighted by Gasteiger charge is 2.26. The second kappa shape index (κ2) is 4.30. The molecule has 18 heavy (non-hydrogen) atoms. The number of fused-ring (bicyclic) bond motifs is 1. The lowest BCUT2D eigenvalue weighted by Gasteiger charge is -2.28. The van der Waals surface area contributed by atoms with E-state index in [1.807, 2.05) is 5.38 Å². The molecule has 0 spiro atoms. The largest absolute Gasteiger partial charge is 0.481 e. The van der Waals surface area contributed by atoms with Gasteiger partial charge in [0, 0.05) is 23.3 Å². The maximum Gasteiger partial charge on any atom is 0.265 e. The number of rotatable bonds is 2. The molecule has 6 heteroatoms. The highest BCUT2D eigenvalue weighted by molar-refractivity contribution is 7.09. The Bertz CT molecular complexity index is 583. The normalized spacial score (nSPS) is 14.2. The zero-order valence-electron chi connectivity index (χ0n) is 9.50. The van der Waals surface area contributed by atoms with E-state index in [9.17, 15) is 4.79 Å². The molecule has 2 heterocycles. The molecule has 92 valence electrons. The number of hydrogen-bond donors (Lipinski definition) is 1. The van der Waals surface area contributed by atoms with Crippen LogP contribution in [0.3, 0.4) is 0 Å². The number of carbonyl (C=O) groups is 1. The molecule has 0 radical (unpaired) electrons. The Kier molecular flexibility index (Phi) is 2.64. The summed E-state index contributed by atoms with van der Waals surface area (Å²) in [6.45, 7) is 0.513. The van der Waals surface area contributed by atoms with Gasteiger partial charge >= 0.3 is 0 Å². The van der Waals surface area contributed by atoms with Gasteiger partial charge < -0.3 is 10.5 Å². The molecule has 1 aliphatic rings. The standard InChI is InChI=1S/C12H11N3O2S/c13-8-1-2-9-10(5-8)17-7-12(16)15(9)6-11-14-3-4-18-11/h1-5H,6-7,13H2. The topological polar surface area (TPSA) is 68.5 Å². The van der Waals surface area contributed by atoms with E-state index in [0.717, 1.165) is 10.7 Å². The summed E-state index contributed by atoms with van der Waals surface area (Å²) in [5.74, 6) is 0.577. The van der Waals surface area contributed by atoms with Gasteiger partial charge in [-0.05, 0) is 12.1 Å². The number of hydrogen-bond acceptors (Lipinski definition) is 5. The van der Waals surface area contributed by atoms with E-state index in [4.69, 9.17) is 10.5 Å². The molecule has 1 aromatic heterocycles. The number of carbonyl (C=O) groups excluding carboxylic acids is 1. The maximum atomic E-state index is 11.9. The lowest BCUT2D eigenvalue weighted by molar-refractivity contribution is -0.121. The molecule has 0 unspecified atom stereocenters. The van der Waals surface area contributed by atoms with Crippen molar-refractivity contribution in [3.8, 4) is 5.75 Å². The molecule has 2 aromatic rings. The number of aromatic nitrogens is 1. The summed E-state index contributed by atoms with van der Waals surface area (Å²) in [6.07, 6.45) is 1.73. The number of nitrogens with two attached hydrogens (primary N) is 1. The zero-order valence-corrected chi connectivity index (χ0v) is 10.3.